The molecule has 1 heterocycles. The molecule has 2 heteroatoms. The number of aliphatic hydroxyl groups is 1. The molecule has 0 amide bonds. The average Bonchev–Trinajstić information content (AvgIpc) is 2.44. The van der Waals surface area contributed by atoms with Crippen molar-refractivity contribution in [3.63, 3.8) is 0 Å². The smallest absolute Gasteiger partial charge is 0.0869 e. The molecule has 1 aliphatic carbocycles. The van der Waals surface area contributed by atoms with Crippen molar-refractivity contribution in [3.05, 3.63) is 11.6 Å². The Morgan fingerprint density at radius 2 is 2.07 bits per heavy atom. The van der Waals surface area contributed by atoms with Gasteiger partial charge in [-0.2, -0.15) is 0 Å². The van der Waals surface area contributed by atoms with E-state index in [0.717, 1.165) is 38.8 Å². The summed E-state index contributed by atoms with van der Waals surface area (Å²) in [5, 5.41) is 10.7. The van der Waals surface area contributed by atoms with E-state index in [4.69, 9.17) is 0 Å². The molecule has 2 aliphatic rings. The van der Waals surface area contributed by atoms with Gasteiger partial charge >= 0.3 is 0 Å². The lowest BCUT2D eigenvalue weighted by atomic mass is 9.81. The van der Waals surface area contributed by atoms with Crippen molar-refractivity contribution in [1.82, 2.24) is 4.90 Å². The molecule has 1 aliphatic heterocycles. The SMILES string of the molecule is CN1CCCC(O)(C2=CCCCC2)CC1. The zero-order valence-electron chi connectivity index (χ0n) is 9.84. The third-order valence-electron chi connectivity index (χ3n) is 3.93. The van der Waals surface area contributed by atoms with Crippen molar-refractivity contribution in [1.29, 1.82) is 0 Å². The molecule has 1 unspecified atom stereocenters. The van der Waals surface area contributed by atoms with Gasteiger partial charge in [0.05, 0.1) is 5.60 Å². The standard InChI is InChI=1S/C13H23NO/c1-14-10-5-8-13(15,9-11-14)12-6-3-2-4-7-12/h6,15H,2-5,7-11H2,1H3. The van der Waals surface area contributed by atoms with Gasteiger partial charge in [-0.3, -0.25) is 0 Å². The second kappa shape index (κ2) is 4.67. The van der Waals surface area contributed by atoms with Crippen LogP contribution in [0.25, 0.3) is 0 Å². The Balaban J connectivity index is 2.06. The molecule has 2 nitrogen and oxygen atoms in total. The fourth-order valence-electron chi connectivity index (χ4n) is 2.84. The summed E-state index contributed by atoms with van der Waals surface area (Å²) in [6, 6.07) is 0. The minimum Gasteiger partial charge on any atom is -0.385 e. The largest absolute Gasteiger partial charge is 0.385 e. The molecule has 0 radical (unpaired) electrons. The van der Waals surface area contributed by atoms with Crippen LogP contribution in [0, 0.1) is 0 Å². The van der Waals surface area contributed by atoms with Crippen molar-refractivity contribution in [3.8, 4) is 0 Å². The summed E-state index contributed by atoms with van der Waals surface area (Å²) in [7, 11) is 2.15. The highest BCUT2D eigenvalue weighted by atomic mass is 16.3. The Morgan fingerprint density at radius 1 is 1.20 bits per heavy atom. The molecule has 0 saturated carbocycles. The zero-order chi connectivity index (χ0) is 10.7. The van der Waals surface area contributed by atoms with Gasteiger partial charge in [-0.15, -0.1) is 0 Å². The van der Waals surface area contributed by atoms with E-state index in [2.05, 4.69) is 18.0 Å². The van der Waals surface area contributed by atoms with Gasteiger partial charge in [-0.05, 0) is 64.1 Å². The van der Waals surface area contributed by atoms with Crippen molar-refractivity contribution < 1.29 is 5.11 Å². The van der Waals surface area contributed by atoms with Crippen LogP contribution in [-0.4, -0.2) is 35.7 Å². The third kappa shape index (κ3) is 2.61. The predicted octanol–water partition coefficient (Wildman–Crippen LogP) is 2.33. The number of rotatable bonds is 1. The van der Waals surface area contributed by atoms with Gasteiger partial charge < -0.3 is 10.0 Å². The lowest BCUT2D eigenvalue weighted by Gasteiger charge is -2.31. The van der Waals surface area contributed by atoms with Gasteiger partial charge in [-0.1, -0.05) is 6.08 Å². The van der Waals surface area contributed by atoms with Crippen molar-refractivity contribution in [2.45, 2.75) is 50.5 Å². The molecular formula is C13H23NO. The number of nitrogens with zero attached hydrogens (tertiary/aromatic N) is 1. The van der Waals surface area contributed by atoms with E-state index < -0.39 is 5.60 Å². The molecule has 86 valence electrons. The van der Waals surface area contributed by atoms with E-state index in [0.29, 0.717) is 0 Å². The Bertz CT molecular complexity index is 249. The average molecular weight is 209 g/mol. The summed E-state index contributed by atoms with van der Waals surface area (Å²) in [5.74, 6) is 0. The fraction of sp³-hybridized carbons (Fsp3) is 0.846. The van der Waals surface area contributed by atoms with Crippen molar-refractivity contribution in [2.75, 3.05) is 20.1 Å². The van der Waals surface area contributed by atoms with Crippen LogP contribution in [0.15, 0.2) is 11.6 Å². The normalized spacial score (nSPS) is 34.7. The summed E-state index contributed by atoms with van der Waals surface area (Å²) in [4.78, 5) is 2.33. The maximum absolute atomic E-state index is 10.7. The topological polar surface area (TPSA) is 23.5 Å². The minimum atomic E-state index is -0.467. The molecule has 1 fully saturated rings. The summed E-state index contributed by atoms with van der Waals surface area (Å²) in [6.45, 7) is 2.17. The molecule has 0 aromatic heterocycles. The van der Waals surface area contributed by atoms with Crippen molar-refractivity contribution >= 4 is 0 Å². The molecule has 1 saturated heterocycles. The van der Waals surface area contributed by atoms with E-state index in [9.17, 15) is 5.11 Å². The van der Waals surface area contributed by atoms with Gasteiger partial charge in [-0.25, -0.2) is 0 Å². The third-order valence-corrected chi connectivity index (χ3v) is 3.93. The van der Waals surface area contributed by atoms with E-state index in [-0.39, 0.29) is 0 Å². The quantitative estimate of drug-likeness (QED) is 0.670. The van der Waals surface area contributed by atoms with Crippen LogP contribution < -0.4 is 0 Å². The van der Waals surface area contributed by atoms with Crippen LogP contribution in [0.5, 0.6) is 0 Å². The molecule has 0 bridgehead atoms. The molecule has 15 heavy (non-hydrogen) atoms. The Hall–Kier alpha value is -0.340. The van der Waals surface area contributed by atoms with E-state index >= 15 is 0 Å². The molecule has 2 rings (SSSR count). The van der Waals surface area contributed by atoms with E-state index in [1.54, 1.807) is 0 Å². The lowest BCUT2D eigenvalue weighted by Crippen LogP contribution is -2.33. The van der Waals surface area contributed by atoms with Crippen LogP contribution in [0.3, 0.4) is 0 Å². The number of likely N-dealkylation sites (tertiary alicyclic amines) is 1. The predicted molar refractivity (Wildman–Crippen MR) is 62.8 cm³/mol. The molecule has 0 aromatic carbocycles. The summed E-state index contributed by atoms with van der Waals surface area (Å²) in [6.07, 6.45) is 10.2. The van der Waals surface area contributed by atoms with Gasteiger partial charge in [0, 0.05) is 6.54 Å². The van der Waals surface area contributed by atoms with Crippen molar-refractivity contribution in [2.24, 2.45) is 0 Å². The van der Waals surface area contributed by atoms with Gasteiger partial charge in [0.2, 0.25) is 0 Å². The van der Waals surface area contributed by atoms with Crippen LogP contribution in [-0.2, 0) is 0 Å². The second-order valence-corrected chi connectivity index (χ2v) is 5.16. The lowest BCUT2D eigenvalue weighted by molar-refractivity contribution is 0.0580. The van der Waals surface area contributed by atoms with Crippen LogP contribution in [0.2, 0.25) is 0 Å². The maximum Gasteiger partial charge on any atom is 0.0869 e. The molecule has 1 N–H and O–H groups in total. The highest BCUT2D eigenvalue weighted by Gasteiger charge is 2.33. The first-order valence-corrected chi connectivity index (χ1v) is 6.31. The second-order valence-electron chi connectivity index (χ2n) is 5.16. The number of hydrogen-bond donors (Lipinski definition) is 1. The van der Waals surface area contributed by atoms with E-state index in [1.807, 2.05) is 0 Å². The Kier molecular flexibility index (Phi) is 3.47. The van der Waals surface area contributed by atoms with E-state index in [1.165, 1.54) is 24.8 Å². The maximum atomic E-state index is 10.7. The van der Waals surface area contributed by atoms with Crippen LogP contribution in [0.1, 0.15) is 44.9 Å². The molecule has 0 aromatic rings. The summed E-state index contributed by atoms with van der Waals surface area (Å²) >= 11 is 0. The monoisotopic (exact) mass is 209 g/mol. The molecule has 0 spiro atoms. The van der Waals surface area contributed by atoms with Crippen LogP contribution >= 0.6 is 0 Å². The fourth-order valence-corrected chi connectivity index (χ4v) is 2.84. The molecular weight excluding hydrogens is 186 g/mol. The number of hydrogen-bond acceptors (Lipinski definition) is 2. The first kappa shape index (κ1) is 11.2. The summed E-state index contributed by atoms with van der Waals surface area (Å²) in [5.41, 5.74) is 0.870. The first-order valence-electron chi connectivity index (χ1n) is 6.31. The highest BCUT2D eigenvalue weighted by Crippen LogP contribution is 2.34. The Labute approximate surface area is 93.0 Å². The van der Waals surface area contributed by atoms with Gasteiger partial charge in [0.1, 0.15) is 0 Å². The zero-order valence-corrected chi connectivity index (χ0v) is 9.84. The Morgan fingerprint density at radius 3 is 2.80 bits per heavy atom. The highest BCUT2D eigenvalue weighted by molar-refractivity contribution is 5.19. The van der Waals surface area contributed by atoms with Gasteiger partial charge in [0.15, 0.2) is 0 Å². The van der Waals surface area contributed by atoms with Crippen LogP contribution in [0.4, 0.5) is 0 Å². The first-order chi connectivity index (χ1) is 7.21. The number of allylic oxidation sites excluding steroid dienone is 1. The van der Waals surface area contributed by atoms with Gasteiger partial charge in [0.25, 0.3) is 0 Å². The molecule has 1 atom stereocenters. The minimum absolute atomic E-state index is 0.467. The summed E-state index contributed by atoms with van der Waals surface area (Å²) < 4.78 is 0.